The summed E-state index contributed by atoms with van der Waals surface area (Å²) in [6.45, 7) is 0.410. The molecule has 0 saturated heterocycles. The third kappa shape index (κ3) is 4.05. The molecule has 0 spiro atoms. The van der Waals surface area contributed by atoms with E-state index in [1.165, 1.54) is 18.2 Å². The van der Waals surface area contributed by atoms with Crippen LogP contribution in [0.4, 0.5) is 4.39 Å². The Morgan fingerprint density at radius 2 is 1.81 bits per heavy atom. The molecule has 3 rings (SSSR count). The first-order chi connectivity index (χ1) is 12.7. The van der Waals surface area contributed by atoms with E-state index in [2.05, 4.69) is 5.32 Å². The Labute approximate surface area is 150 Å². The van der Waals surface area contributed by atoms with Gasteiger partial charge in [0.05, 0.1) is 0 Å². The number of hydrogen-bond donors (Lipinski definition) is 1. The zero-order valence-electron chi connectivity index (χ0n) is 13.8. The molecule has 26 heavy (non-hydrogen) atoms. The summed E-state index contributed by atoms with van der Waals surface area (Å²) in [5.74, 6) is -0.449. The van der Waals surface area contributed by atoms with Gasteiger partial charge in [0.2, 0.25) is 0 Å². The second-order valence-electron chi connectivity index (χ2n) is 5.52. The van der Waals surface area contributed by atoms with Crippen LogP contribution in [0.3, 0.4) is 0 Å². The van der Waals surface area contributed by atoms with Crippen LogP contribution in [0, 0.1) is 17.1 Å². The molecular weight excluding hydrogens is 331 g/mol. The van der Waals surface area contributed by atoms with E-state index in [1.807, 2.05) is 30.3 Å². The van der Waals surface area contributed by atoms with Crippen LogP contribution in [0.1, 0.15) is 21.5 Å². The maximum absolute atomic E-state index is 13.7. The summed E-state index contributed by atoms with van der Waals surface area (Å²) in [4.78, 5) is 12.3. The van der Waals surface area contributed by atoms with E-state index < -0.39 is 5.82 Å². The Balaban J connectivity index is 1.73. The number of benzene rings is 3. The summed E-state index contributed by atoms with van der Waals surface area (Å²) in [5, 5.41) is 11.9. The molecule has 0 aliphatic carbocycles. The predicted octanol–water partition coefficient (Wildman–Crippen LogP) is 4.42. The molecule has 0 fully saturated rings. The average molecular weight is 346 g/mol. The lowest BCUT2D eigenvalue weighted by atomic mass is 10.1. The predicted molar refractivity (Wildman–Crippen MR) is 95.2 cm³/mol. The van der Waals surface area contributed by atoms with Gasteiger partial charge in [-0.05, 0) is 35.9 Å². The van der Waals surface area contributed by atoms with Crippen LogP contribution in [0.25, 0.3) is 0 Å². The Bertz CT molecular complexity index is 965. The zero-order valence-corrected chi connectivity index (χ0v) is 13.8. The maximum Gasteiger partial charge on any atom is 0.251 e. The van der Waals surface area contributed by atoms with E-state index in [-0.39, 0.29) is 17.2 Å². The fourth-order valence-electron chi connectivity index (χ4n) is 2.41. The van der Waals surface area contributed by atoms with Gasteiger partial charge in [-0.1, -0.05) is 42.5 Å². The van der Waals surface area contributed by atoms with Crippen molar-refractivity contribution >= 4 is 5.91 Å². The number of nitrogens with zero attached hydrogens (tertiary/aromatic N) is 1. The molecule has 0 heterocycles. The maximum atomic E-state index is 13.7. The fourth-order valence-corrected chi connectivity index (χ4v) is 2.41. The lowest BCUT2D eigenvalue weighted by Gasteiger charge is -2.10. The third-order valence-electron chi connectivity index (χ3n) is 3.71. The van der Waals surface area contributed by atoms with Crippen LogP contribution in [0.5, 0.6) is 11.5 Å². The topological polar surface area (TPSA) is 62.1 Å². The van der Waals surface area contributed by atoms with Crippen molar-refractivity contribution in [3.05, 3.63) is 95.3 Å². The number of amides is 1. The molecule has 0 radical (unpaired) electrons. The number of ether oxygens (including phenoxy) is 1. The molecule has 1 N–H and O–H groups in total. The summed E-state index contributed by atoms with van der Waals surface area (Å²) >= 11 is 0. The lowest BCUT2D eigenvalue weighted by Crippen LogP contribution is -2.22. The Morgan fingerprint density at radius 1 is 1.04 bits per heavy atom. The second-order valence-corrected chi connectivity index (χ2v) is 5.52. The fraction of sp³-hybridized carbons (Fsp3) is 0.0476. The van der Waals surface area contributed by atoms with Gasteiger partial charge in [0.15, 0.2) is 0 Å². The van der Waals surface area contributed by atoms with Crippen molar-refractivity contribution in [3.63, 3.8) is 0 Å². The molecule has 4 nitrogen and oxygen atoms in total. The number of hydrogen-bond acceptors (Lipinski definition) is 3. The second kappa shape index (κ2) is 7.95. The first kappa shape index (κ1) is 17.2. The van der Waals surface area contributed by atoms with E-state index in [9.17, 15) is 9.18 Å². The molecule has 128 valence electrons. The largest absolute Gasteiger partial charge is 0.456 e. The molecule has 0 aliphatic heterocycles. The minimum atomic E-state index is -0.651. The molecule has 0 aromatic heterocycles. The summed E-state index contributed by atoms with van der Waals surface area (Å²) in [6.07, 6.45) is 0. The van der Waals surface area contributed by atoms with Gasteiger partial charge in [-0.2, -0.15) is 5.26 Å². The van der Waals surface area contributed by atoms with Gasteiger partial charge >= 0.3 is 0 Å². The van der Waals surface area contributed by atoms with Gasteiger partial charge in [0.1, 0.15) is 28.9 Å². The van der Waals surface area contributed by atoms with Crippen LogP contribution in [-0.2, 0) is 6.54 Å². The number of nitrogens with one attached hydrogen (secondary N) is 1. The summed E-state index contributed by atoms with van der Waals surface area (Å²) in [5.41, 5.74) is 1.23. The smallest absolute Gasteiger partial charge is 0.251 e. The minimum absolute atomic E-state index is 0.106. The van der Waals surface area contributed by atoms with Crippen LogP contribution in [-0.4, -0.2) is 5.91 Å². The quantitative estimate of drug-likeness (QED) is 0.744. The molecule has 5 heteroatoms. The van der Waals surface area contributed by atoms with Gasteiger partial charge in [0.25, 0.3) is 5.91 Å². The van der Waals surface area contributed by atoms with Gasteiger partial charge < -0.3 is 10.1 Å². The number of carbonyl (C=O) groups is 1. The van der Waals surface area contributed by atoms with E-state index >= 15 is 0 Å². The highest BCUT2D eigenvalue weighted by Crippen LogP contribution is 2.27. The zero-order chi connectivity index (χ0) is 18.4. The van der Waals surface area contributed by atoms with E-state index in [0.717, 1.165) is 5.56 Å². The minimum Gasteiger partial charge on any atom is -0.456 e. The standard InChI is InChI=1S/C21H15FN2O2/c22-19-10-5-11-20(18(19)13-23)26-17-9-4-8-16(12-17)21(25)24-14-15-6-2-1-3-7-15/h1-12H,14H2,(H,24,25). The van der Waals surface area contributed by atoms with Crippen LogP contribution < -0.4 is 10.1 Å². The van der Waals surface area contributed by atoms with Gasteiger partial charge in [-0.25, -0.2) is 4.39 Å². The number of halogens is 1. The van der Waals surface area contributed by atoms with E-state index in [4.69, 9.17) is 10.00 Å². The van der Waals surface area contributed by atoms with Crippen LogP contribution in [0.15, 0.2) is 72.8 Å². The molecule has 0 unspecified atom stereocenters. The van der Waals surface area contributed by atoms with Crippen molar-refractivity contribution in [3.8, 4) is 17.6 Å². The molecule has 3 aromatic carbocycles. The van der Waals surface area contributed by atoms with Gasteiger partial charge in [0, 0.05) is 12.1 Å². The summed E-state index contributed by atoms with van der Waals surface area (Å²) in [6, 6.07) is 22.0. The van der Waals surface area contributed by atoms with Gasteiger partial charge in [-0.3, -0.25) is 4.79 Å². The normalized spacial score (nSPS) is 10.0. The van der Waals surface area contributed by atoms with Crippen LogP contribution >= 0.6 is 0 Å². The molecule has 0 bridgehead atoms. The highest BCUT2D eigenvalue weighted by Gasteiger charge is 2.11. The monoisotopic (exact) mass is 346 g/mol. The molecule has 1 amide bonds. The Kier molecular flexibility index (Phi) is 5.25. The number of nitriles is 1. The first-order valence-electron chi connectivity index (χ1n) is 7.96. The Hall–Kier alpha value is -3.65. The van der Waals surface area contributed by atoms with E-state index in [0.29, 0.717) is 17.9 Å². The summed E-state index contributed by atoms with van der Waals surface area (Å²) < 4.78 is 19.2. The average Bonchev–Trinajstić information content (AvgIpc) is 2.67. The van der Waals surface area contributed by atoms with Crippen molar-refractivity contribution in [2.75, 3.05) is 0 Å². The highest BCUT2D eigenvalue weighted by molar-refractivity contribution is 5.94. The first-order valence-corrected chi connectivity index (χ1v) is 7.96. The number of rotatable bonds is 5. The Morgan fingerprint density at radius 3 is 2.58 bits per heavy atom. The van der Waals surface area contributed by atoms with Crippen molar-refractivity contribution in [2.24, 2.45) is 0 Å². The molecular formula is C21H15FN2O2. The van der Waals surface area contributed by atoms with Crippen LogP contribution in [0.2, 0.25) is 0 Å². The van der Waals surface area contributed by atoms with Gasteiger partial charge in [-0.15, -0.1) is 0 Å². The third-order valence-corrected chi connectivity index (χ3v) is 3.71. The molecule has 0 saturated carbocycles. The summed E-state index contributed by atoms with van der Waals surface area (Å²) in [7, 11) is 0. The molecule has 3 aromatic rings. The lowest BCUT2D eigenvalue weighted by molar-refractivity contribution is 0.0950. The molecule has 0 aliphatic rings. The molecule has 0 atom stereocenters. The number of carbonyl (C=O) groups excluding carboxylic acids is 1. The van der Waals surface area contributed by atoms with E-state index in [1.54, 1.807) is 30.3 Å². The SMILES string of the molecule is N#Cc1c(F)cccc1Oc1cccc(C(=O)NCc2ccccc2)c1. The van der Waals surface area contributed by atoms with Crippen molar-refractivity contribution in [2.45, 2.75) is 6.54 Å². The van der Waals surface area contributed by atoms with Crippen molar-refractivity contribution in [1.29, 1.82) is 5.26 Å². The van der Waals surface area contributed by atoms with Crippen molar-refractivity contribution < 1.29 is 13.9 Å². The van der Waals surface area contributed by atoms with Crippen molar-refractivity contribution in [1.82, 2.24) is 5.32 Å². The highest BCUT2D eigenvalue weighted by atomic mass is 19.1.